The van der Waals surface area contributed by atoms with Crippen LogP contribution in [0.2, 0.25) is 0 Å². The Morgan fingerprint density at radius 1 is 1.38 bits per heavy atom. The van der Waals surface area contributed by atoms with Gasteiger partial charge in [-0.15, -0.1) is 0 Å². The Labute approximate surface area is 97.6 Å². The first kappa shape index (κ1) is 11.9. The van der Waals surface area contributed by atoms with Gasteiger partial charge in [0.15, 0.2) is 0 Å². The third-order valence-electron chi connectivity index (χ3n) is 4.14. The number of aliphatic hydroxyl groups is 1. The molecule has 0 aromatic rings. The molecule has 2 aliphatic carbocycles. The number of carbonyl (C=O) groups excluding carboxylic acids is 1. The Bertz CT molecular complexity index is 255. The predicted molar refractivity (Wildman–Crippen MR) is 62.9 cm³/mol. The fourth-order valence-electron chi connectivity index (χ4n) is 2.62. The lowest BCUT2D eigenvalue weighted by atomic mass is 9.75. The van der Waals surface area contributed by atoms with E-state index in [1.54, 1.807) is 0 Å². The topological polar surface area (TPSA) is 49.3 Å². The van der Waals surface area contributed by atoms with Gasteiger partial charge in [-0.3, -0.25) is 4.79 Å². The molecule has 3 heteroatoms. The molecule has 2 fully saturated rings. The quantitative estimate of drug-likeness (QED) is 0.767. The van der Waals surface area contributed by atoms with Gasteiger partial charge in [-0.05, 0) is 31.6 Å². The molecule has 2 N–H and O–H groups in total. The minimum absolute atomic E-state index is 0.145. The average molecular weight is 225 g/mol. The molecule has 0 saturated heterocycles. The van der Waals surface area contributed by atoms with Gasteiger partial charge in [0, 0.05) is 12.0 Å². The number of rotatable bonds is 4. The number of amides is 1. The summed E-state index contributed by atoms with van der Waals surface area (Å²) in [6.45, 7) is 2.50. The maximum atomic E-state index is 12.0. The smallest absolute Gasteiger partial charge is 0.226 e. The van der Waals surface area contributed by atoms with E-state index in [1.807, 2.05) is 0 Å². The highest BCUT2D eigenvalue weighted by atomic mass is 16.3. The van der Waals surface area contributed by atoms with Gasteiger partial charge in [0.2, 0.25) is 5.91 Å². The molecule has 2 saturated carbocycles. The highest BCUT2D eigenvalue weighted by Crippen LogP contribution is 2.36. The highest BCUT2D eigenvalue weighted by molar-refractivity contribution is 5.82. The number of nitrogens with one attached hydrogen (secondary N) is 1. The largest absolute Gasteiger partial charge is 0.391 e. The third-order valence-corrected chi connectivity index (χ3v) is 4.14. The van der Waals surface area contributed by atoms with Crippen LogP contribution in [-0.2, 0) is 4.79 Å². The van der Waals surface area contributed by atoms with Gasteiger partial charge in [-0.2, -0.15) is 0 Å². The first-order valence-corrected chi connectivity index (χ1v) is 6.58. The lowest BCUT2D eigenvalue weighted by Gasteiger charge is -2.32. The Morgan fingerprint density at radius 2 is 2.00 bits per heavy atom. The summed E-state index contributed by atoms with van der Waals surface area (Å²) in [7, 11) is 0. The molecule has 0 aromatic heterocycles. The van der Waals surface area contributed by atoms with Crippen LogP contribution in [0, 0.1) is 11.3 Å². The van der Waals surface area contributed by atoms with Crippen LogP contribution < -0.4 is 5.32 Å². The average Bonchev–Trinajstić information content (AvgIpc) is 3.10. The summed E-state index contributed by atoms with van der Waals surface area (Å²) in [5.41, 5.74) is -0.179. The predicted octanol–water partition coefficient (Wildman–Crippen LogP) is 1.84. The van der Waals surface area contributed by atoms with Crippen LogP contribution in [0.1, 0.15) is 51.9 Å². The van der Waals surface area contributed by atoms with Crippen LogP contribution in [0.15, 0.2) is 0 Å². The monoisotopic (exact) mass is 225 g/mol. The molecule has 2 aliphatic rings. The van der Waals surface area contributed by atoms with Crippen molar-refractivity contribution in [1.82, 2.24) is 5.32 Å². The van der Waals surface area contributed by atoms with Gasteiger partial charge in [0.25, 0.3) is 0 Å². The van der Waals surface area contributed by atoms with E-state index in [0.29, 0.717) is 12.5 Å². The zero-order valence-corrected chi connectivity index (χ0v) is 10.2. The van der Waals surface area contributed by atoms with Crippen LogP contribution >= 0.6 is 0 Å². The Morgan fingerprint density at radius 3 is 2.56 bits per heavy atom. The van der Waals surface area contributed by atoms with Crippen molar-refractivity contribution in [3.8, 4) is 0 Å². The van der Waals surface area contributed by atoms with Crippen LogP contribution in [0.5, 0.6) is 0 Å². The van der Waals surface area contributed by atoms with Gasteiger partial charge >= 0.3 is 0 Å². The fraction of sp³-hybridized carbons (Fsp3) is 0.923. The third kappa shape index (κ3) is 2.76. The van der Waals surface area contributed by atoms with Crippen molar-refractivity contribution in [2.45, 2.75) is 58.0 Å². The molecule has 2 rings (SSSR count). The molecule has 0 bridgehead atoms. The van der Waals surface area contributed by atoms with Gasteiger partial charge in [-0.1, -0.05) is 26.2 Å². The zero-order chi connectivity index (χ0) is 11.6. The molecule has 0 spiro atoms. The van der Waals surface area contributed by atoms with Gasteiger partial charge in [0.1, 0.15) is 0 Å². The van der Waals surface area contributed by atoms with E-state index < -0.39 is 0 Å². The van der Waals surface area contributed by atoms with Gasteiger partial charge in [-0.25, -0.2) is 0 Å². The van der Waals surface area contributed by atoms with Crippen molar-refractivity contribution >= 4 is 5.91 Å². The summed E-state index contributed by atoms with van der Waals surface area (Å²) in [6.07, 6.45) is 7.49. The molecular weight excluding hydrogens is 202 g/mol. The van der Waals surface area contributed by atoms with E-state index in [4.69, 9.17) is 0 Å². The van der Waals surface area contributed by atoms with Crippen LogP contribution in [-0.4, -0.2) is 23.7 Å². The molecule has 0 aliphatic heterocycles. The summed E-state index contributed by atoms with van der Waals surface area (Å²) >= 11 is 0. The minimum Gasteiger partial charge on any atom is -0.391 e. The first-order valence-electron chi connectivity index (χ1n) is 6.58. The molecule has 3 nitrogen and oxygen atoms in total. The maximum absolute atomic E-state index is 12.0. The number of hydrogen-bond acceptors (Lipinski definition) is 2. The molecule has 1 atom stereocenters. The zero-order valence-electron chi connectivity index (χ0n) is 10.2. The molecule has 0 aromatic carbocycles. The van der Waals surface area contributed by atoms with Crippen LogP contribution in [0.4, 0.5) is 0 Å². The minimum atomic E-state index is -0.323. The number of aliphatic hydroxyl groups excluding tert-OH is 1. The Balaban J connectivity index is 1.77. The fourth-order valence-corrected chi connectivity index (χ4v) is 2.62. The molecule has 0 heterocycles. The van der Waals surface area contributed by atoms with Crippen molar-refractivity contribution in [3.05, 3.63) is 0 Å². The molecule has 1 amide bonds. The number of hydrogen-bond donors (Lipinski definition) is 2. The van der Waals surface area contributed by atoms with E-state index in [2.05, 4.69) is 12.2 Å². The summed E-state index contributed by atoms with van der Waals surface area (Å²) in [6, 6.07) is 0. The highest BCUT2D eigenvalue weighted by Gasteiger charge is 2.35. The summed E-state index contributed by atoms with van der Waals surface area (Å²) in [5.74, 6) is 0.589. The van der Waals surface area contributed by atoms with Crippen molar-refractivity contribution in [2.75, 3.05) is 6.54 Å². The normalized spacial score (nSPS) is 26.1. The van der Waals surface area contributed by atoms with Crippen molar-refractivity contribution in [2.24, 2.45) is 11.3 Å². The van der Waals surface area contributed by atoms with Gasteiger partial charge < -0.3 is 10.4 Å². The van der Waals surface area contributed by atoms with Crippen molar-refractivity contribution in [3.63, 3.8) is 0 Å². The Hall–Kier alpha value is -0.570. The first-order chi connectivity index (χ1) is 7.62. The van der Waals surface area contributed by atoms with E-state index in [-0.39, 0.29) is 17.4 Å². The summed E-state index contributed by atoms with van der Waals surface area (Å²) < 4.78 is 0. The number of carbonyl (C=O) groups is 1. The summed E-state index contributed by atoms with van der Waals surface area (Å²) in [5, 5.41) is 12.6. The summed E-state index contributed by atoms with van der Waals surface area (Å²) in [4.78, 5) is 12.0. The molecule has 1 unspecified atom stereocenters. The lowest BCUT2D eigenvalue weighted by Crippen LogP contribution is -2.43. The second-order valence-corrected chi connectivity index (χ2v) is 5.74. The van der Waals surface area contributed by atoms with E-state index in [1.165, 1.54) is 6.42 Å². The molecule has 16 heavy (non-hydrogen) atoms. The second kappa shape index (κ2) is 4.74. The van der Waals surface area contributed by atoms with Crippen molar-refractivity contribution < 1.29 is 9.90 Å². The van der Waals surface area contributed by atoms with Gasteiger partial charge in [0.05, 0.1) is 6.10 Å². The second-order valence-electron chi connectivity index (χ2n) is 5.74. The SMILES string of the molecule is CC1(C(=O)NCC(O)C2CC2)CCCCC1. The lowest BCUT2D eigenvalue weighted by molar-refractivity contribution is -0.132. The molecular formula is C13H23NO2. The standard InChI is InChI=1S/C13H23NO2/c1-13(7-3-2-4-8-13)12(16)14-9-11(15)10-5-6-10/h10-11,15H,2-9H2,1H3,(H,14,16). The molecule has 0 radical (unpaired) electrons. The van der Waals surface area contributed by atoms with E-state index in [0.717, 1.165) is 38.5 Å². The van der Waals surface area contributed by atoms with E-state index >= 15 is 0 Å². The Kier molecular flexibility index (Phi) is 3.53. The van der Waals surface area contributed by atoms with E-state index in [9.17, 15) is 9.90 Å². The maximum Gasteiger partial charge on any atom is 0.226 e. The molecule has 92 valence electrons. The van der Waals surface area contributed by atoms with Crippen LogP contribution in [0.25, 0.3) is 0 Å². The van der Waals surface area contributed by atoms with Crippen molar-refractivity contribution in [1.29, 1.82) is 0 Å². The van der Waals surface area contributed by atoms with Crippen LogP contribution in [0.3, 0.4) is 0 Å².